The molecule has 0 saturated carbocycles. The lowest BCUT2D eigenvalue weighted by Crippen LogP contribution is -2.10. The average Bonchev–Trinajstić information content (AvgIpc) is 2.96. The Hall–Kier alpha value is -1.57. The smallest absolute Gasteiger partial charge is 0.136 e. The fourth-order valence-electron chi connectivity index (χ4n) is 2.32. The van der Waals surface area contributed by atoms with Gasteiger partial charge in [0.25, 0.3) is 0 Å². The number of rotatable bonds is 6. The molecule has 0 aromatic heterocycles. The highest BCUT2D eigenvalue weighted by molar-refractivity contribution is 5.45. The molecular weight excluding hydrogens is 240 g/mol. The summed E-state index contributed by atoms with van der Waals surface area (Å²) in [4.78, 5) is 0. The molecule has 1 saturated heterocycles. The third-order valence-electron chi connectivity index (χ3n) is 3.49. The van der Waals surface area contributed by atoms with E-state index in [0.717, 1.165) is 37.6 Å². The Kier molecular flexibility index (Phi) is 5.20. The van der Waals surface area contributed by atoms with Gasteiger partial charge in [0, 0.05) is 6.61 Å². The molecule has 102 valence electrons. The zero-order chi connectivity index (χ0) is 13.5. The number of hydrogen-bond acceptors (Lipinski definition) is 4. The second-order valence-corrected chi connectivity index (χ2v) is 4.85. The first kappa shape index (κ1) is 13.9. The standard InChI is InChI=1S/C15H20N2O2/c1-18-15-8-13(2-3-14(15)9-16)11-19-7-5-12-4-6-17-10-12/h2-3,8,12,17H,4-7,10-11H2,1H3. The third kappa shape index (κ3) is 3.95. The van der Waals surface area contributed by atoms with Gasteiger partial charge in [0.05, 0.1) is 19.3 Å². The van der Waals surface area contributed by atoms with Crippen LogP contribution in [0.15, 0.2) is 18.2 Å². The number of benzene rings is 1. The summed E-state index contributed by atoms with van der Waals surface area (Å²) in [6.07, 6.45) is 2.37. The van der Waals surface area contributed by atoms with Gasteiger partial charge in [-0.05, 0) is 49.5 Å². The zero-order valence-corrected chi connectivity index (χ0v) is 11.3. The summed E-state index contributed by atoms with van der Waals surface area (Å²) in [7, 11) is 1.58. The Morgan fingerprint density at radius 1 is 1.47 bits per heavy atom. The van der Waals surface area contributed by atoms with E-state index < -0.39 is 0 Å². The molecule has 0 amide bonds. The summed E-state index contributed by atoms with van der Waals surface area (Å²) in [5.41, 5.74) is 1.60. The van der Waals surface area contributed by atoms with Crippen LogP contribution in [0.1, 0.15) is 24.0 Å². The van der Waals surface area contributed by atoms with Crippen LogP contribution in [0.2, 0.25) is 0 Å². The molecule has 2 rings (SSSR count). The van der Waals surface area contributed by atoms with Gasteiger partial charge in [-0.2, -0.15) is 5.26 Å². The molecule has 1 aromatic rings. The molecule has 19 heavy (non-hydrogen) atoms. The molecule has 1 aliphatic rings. The van der Waals surface area contributed by atoms with Crippen molar-refractivity contribution in [2.24, 2.45) is 5.92 Å². The van der Waals surface area contributed by atoms with Crippen molar-refractivity contribution < 1.29 is 9.47 Å². The fourth-order valence-corrected chi connectivity index (χ4v) is 2.32. The Morgan fingerprint density at radius 2 is 2.37 bits per heavy atom. The minimum atomic E-state index is 0.559. The van der Waals surface area contributed by atoms with E-state index in [1.807, 2.05) is 12.1 Å². The summed E-state index contributed by atoms with van der Waals surface area (Å²) in [6, 6.07) is 7.67. The summed E-state index contributed by atoms with van der Waals surface area (Å²) < 4.78 is 10.9. The minimum absolute atomic E-state index is 0.559. The van der Waals surface area contributed by atoms with Crippen molar-refractivity contribution in [2.45, 2.75) is 19.4 Å². The Bertz CT molecular complexity index is 448. The van der Waals surface area contributed by atoms with Crippen LogP contribution in [0.5, 0.6) is 5.75 Å². The third-order valence-corrected chi connectivity index (χ3v) is 3.49. The van der Waals surface area contributed by atoms with E-state index in [-0.39, 0.29) is 0 Å². The lowest BCUT2D eigenvalue weighted by Gasteiger charge is -2.10. The Balaban J connectivity index is 1.77. The van der Waals surface area contributed by atoms with Crippen molar-refractivity contribution in [3.8, 4) is 11.8 Å². The lowest BCUT2D eigenvalue weighted by atomic mass is 10.1. The first-order chi connectivity index (χ1) is 9.33. The van der Waals surface area contributed by atoms with E-state index in [0.29, 0.717) is 17.9 Å². The molecule has 1 fully saturated rings. The predicted molar refractivity (Wildman–Crippen MR) is 73.0 cm³/mol. The van der Waals surface area contributed by atoms with Crippen molar-refractivity contribution in [1.82, 2.24) is 5.32 Å². The maximum atomic E-state index is 8.91. The zero-order valence-electron chi connectivity index (χ0n) is 11.3. The van der Waals surface area contributed by atoms with E-state index in [2.05, 4.69) is 11.4 Å². The van der Waals surface area contributed by atoms with Crippen molar-refractivity contribution in [3.05, 3.63) is 29.3 Å². The van der Waals surface area contributed by atoms with Crippen LogP contribution in [0.4, 0.5) is 0 Å². The van der Waals surface area contributed by atoms with Crippen LogP contribution in [0, 0.1) is 17.2 Å². The van der Waals surface area contributed by atoms with Gasteiger partial charge in [-0.1, -0.05) is 6.07 Å². The van der Waals surface area contributed by atoms with Gasteiger partial charge in [-0.3, -0.25) is 0 Å². The number of ether oxygens (including phenoxy) is 2. The maximum Gasteiger partial charge on any atom is 0.136 e. The van der Waals surface area contributed by atoms with E-state index >= 15 is 0 Å². The lowest BCUT2D eigenvalue weighted by molar-refractivity contribution is 0.109. The number of hydrogen-bond donors (Lipinski definition) is 1. The molecule has 0 spiro atoms. The first-order valence-corrected chi connectivity index (χ1v) is 6.69. The second kappa shape index (κ2) is 7.13. The number of nitrogens with one attached hydrogen (secondary N) is 1. The molecule has 1 heterocycles. The molecule has 4 nitrogen and oxygen atoms in total. The monoisotopic (exact) mass is 260 g/mol. The first-order valence-electron chi connectivity index (χ1n) is 6.69. The van der Waals surface area contributed by atoms with Crippen LogP contribution in [0.3, 0.4) is 0 Å². The number of nitriles is 1. The quantitative estimate of drug-likeness (QED) is 0.796. The van der Waals surface area contributed by atoms with Crippen LogP contribution in [-0.4, -0.2) is 26.8 Å². The largest absolute Gasteiger partial charge is 0.495 e. The van der Waals surface area contributed by atoms with E-state index in [1.54, 1.807) is 13.2 Å². The van der Waals surface area contributed by atoms with Gasteiger partial charge in [0.15, 0.2) is 0 Å². The van der Waals surface area contributed by atoms with Crippen molar-refractivity contribution >= 4 is 0 Å². The minimum Gasteiger partial charge on any atom is -0.495 e. The Morgan fingerprint density at radius 3 is 3.05 bits per heavy atom. The highest BCUT2D eigenvalue weighted by atomic mass is 16.5. The molecular formula is C15H20N2O2. The molecule has 1 aliphatic heterocycles. The van der Waals surface area contributed by atoms with Gasteiger partial charge in [0.2, 0.25) is 0 Å². The predicted octanol–water partition coefficient (Wildman–Crippen LogP) is 2.08. The summed E-state index contributed by atoms with van der Waals surface area (Å²) in [6.45, 7) is 3.61. The fraction of sp³-hybridized carbons (Fsp3) is 0.533. The van der Waals surface area contributed by atoms with Crippen LogP contribution < -0.4 is 10.1 Å². The number of nitrogens with zero attached hydrogens (tertiary/aromatic N) is 1. The van der Waals surface area contributed by atoms with Crippen molar-refractivity contribution in [3.63, 3.8) is 0 Å². The molecule has 0 aliphatic carbocycles. The Labute approximate surface area is 114 Å². The summed E-state index contributed by atoms with van der Waals surface area (Å²) in [5, 5.41) is 12.3. The molecule has 1 unspecified atom stereocenters. The van der Waals surface area contributed by atoms with Crippen molar-refractivity contribution in [1.29, 1.82) is 5.26 Å². The summed E-state index contributed by atoms with van der Waals surface area (Å²) in [5.74, 6) is 1.37. The molecule has 1 atom stereocenters. The molecule has 1 aromatic carbocycles. The molecule has 1 N–H and O–H groups in total. The van der Waals surface area contributed by atoms with Gasteiger partial charge >= 0.3 is 0 Å². The molecule has 4 heteroatoms. The second-order valence-electron chi connectivity index (χ2n) is 4.85. The van der Waals surface area contributed by atoms with E-state index in [1.165, 1.54) is 6.42 Å². The van der Waals surface area contributed by atoms with E-state index in [4.69, 9.17) is 14.7 Å². The van der Waals surface area contributed by atoms with Gasteiger partial charge in [-0.15, -0.1) is 0 Å². The van der Waals surface area contributed by atoms with Crippen molar-refractivity contribution in [2.75, 3.05) is 26.8 Å². The number of methoxy groups -OCH3 is 1. The molecule has 0 radical (unpaired) electrons. The van der Waals surface area contributed by atoms with Gasteiger partial charge < -0.3 is 14.8 Å². The maximum absolute atomic E-state index is 8.91. The van der Waals surface area contributed by atoms with E-state index in [9.17, 15) is 0 Å². The van der Waals surface area contributed by atoms with Crippen LogP contribution in [0.25, 0.3) is 0 Å². The average molecular weight is 260 g/mol. The topological polar surface area (TPSA) is 54.3 Å². The summed E-state index contributed by atoms with van der Waals surface area (Å²) >= 11 is 0. The SMILES string of the molecule is COc1cc(COCCC2CCNC2)ccc1C#N. The highest BCUT2D eigenvalue weighted by Gasteiger charge is 2.13. The molecule has 0 bridgehead atoms. The normalized spacial score (nSPS) is 18.2. The highest BCUT2D eigenvalue weighted by Crippen LogP contribution is 2.20. The van der Waals surface area contributed by atoms with Crippen LogP contribution >= 0.6 is 0 Å². The van der Waals surface area contributed by atoms with Gasteiger partial charge in [-0.25, -0.2) is 0 Å². The van der Waals surface area contributed by atoms with Crippen LogP contribution in [-0.2, 0) is 11.3 Å². The van der Waals surface area contributed by atoms with Gasteiger partial charge in [0.1, 0.15) is 11.8 Å².